The summed E-state index contributed by atoms with van der Waals surface area (Å²) >= 11 is 1.85. The molecule has 0 radical (unpaired) electrons. The van der Waals surface area contributed by atoms with Crippen LogP contribution in [0.25, 0.3) is 75.7 Å². The molecule has 2 nitrogen and oxygen atoms in total. The van der Waals surface area contributed by atoms with E-state index in [1.807, 2.05) is 11.3 Å². The molecular formula is C49H32N2S. The van der Waals surface area contributed by atoms with Gasteiger partial charge in [0.25, 0.3) is 0 Å². The van der Waals surface area contributed by atoms with Crippen LogP contribution in [0.1, 0.15) is 11.3 Å². The molecule has 3 heterocycles. The summed E-state index contributed by atoms with van der Waals surface area (Å²) in [6, 6.07) is 57.5. The van der Waals surface area contributed by atoms with Gasteiger partial charge in [-0.15, -0.1) is 17.8 Å². The van der Waals surface area contributed by atoms with Gasteiger partial charge in [0.15, 0.2) is 0 Å². The molecule has 10 aromatic rings. The lowest BCUT2D eigenvalue weighted by molar-refractivity contribution is 1.17. The highest BCUT2D eigenvalue weighted by molar-refractivity contribution is 7.25. The molecule has 0 aliphatic heterocycles. The van der Waals surface area contributed by atoms with Crippen molar-refractivity contribution in [3.63, 3.8) is 0 Å². The Hall–Kier alpha value is -6.60. The predicted octanol–water partition coefficient (Wildman–Crippen LogP) is 13.8. The molecule has 3 heteroatoms. The maximum Gasteiger partial charge on any atom is 0.0780 e. The third-order valence-corrected chi connectivity index (χ3v) is 11.6. The Balaban J connectivity index is 1.33. The van der Waals surface area contributed by atoms with Crippen molar-refractivity contribution in [1.82, 2.24) is 4.40 Å². The SMILES string of the molecule is C#C/C=C\c1c(C)n2c3c(N(c4cc(-c5ccccc5)cc(-c5ccccc5)c4)c4ccc5sc6ccccc6c5c4)cccc3c3cccc1c32. The lowest BCUT2D eigenvalue weighted by Gasteiger charge is -2.28. The molecule has 10 rings (SSSR count). The van der Waals surface area contributed by atoms with Crippen molar-refractivity contribution in [3.8, 4) is 34.6 Å². The second-order valence-corrected chi connectivity index (χ2v) is 14.4. The van der Waals surface area contributed by atoms with Crippen LogP contribution in [0.2, 0.25) is 0 Å². The Kier molecular flexibility index (Phi) is 6.99. The van der Waals surface area contributed by atoms with E-state index in [-0.39, 0.29) is 0 Å². The Morgan fingerprint density at radius 1 is 0.538 bits per heavy atom. The van der Waals surface area contributed by atoms with Crippen molar-refractivity contribution in [2.45, 2.75) is 6.92 Å². The Labute approximate surface area is 306 Å². The van der Waals surface area contributed by atoms with Crippen LogP contribution >= 0.6 is 11.3 Å². The number of aryl methyl sites for hydroxylation is 1. The zero-order chi connectivity index (χ0) is 34.8. The van der Waals surface area contributed by atoms with E-state index in [0.717, 1.165) is 22.6 Å². The summed E-state index contributed by atoms with van der Waals surface area (Å²) in [5, 5.41) is 6.22. The number of benzene rings is 7. The van der Waals surface area contributed by atoms with Gasteiger partial charge in [-0.1, -0.05) is 115 Å². The number of allylic oxidation sites excluding steroid dienone is 1. The van der Waals surface area contributed by atoms with Crippen molar-refractivity contribution >= 4 is 81.8 Å². The highest BCUT2D eigenvalue weighted by Crippen LogP contribution is 2.47. The normalized spacial score (nSPS) is 11.8. The second kappa shape index (κ2) is 12.0. The summed E-state index contributed by atoms with van der Waals surface area (Å²) in [5.41, 5.74) is 12.7. The number of terminal acetylenes is 1. The Bertz CT molecular complexity index is 2970. The molecule has 0 aliphatic carbocycles. The molecule has 0 aliphatic rings. The third kappa shape index (κ3) is 4.66. The van der Waals surface area contributed by atoms with Crippen LogP contribution in [0.5, 0.6) is 0 Å². The van der Waals surface area contributed by atoms with Gasteiger partial charge in [0, 0.05) is 59.0 Å². The van der Waals surface area contributed by atoms with Gasteiger partial charge in [0.2, 0.25) is 0 Å². The lowest BCUT2D eigenvalue weighted by atomic mass is 9.97. The van der Waals surface area contributed by atoms with Gasteiger partial charge >= 0.3 is 0 Å². The van der Waals surface area contributed by atoms with E-state index in [9.17, 15) is 0 Å². The monoisotopic (exact) mass is 680 g/mol. The fraction of sp³-hybridized carbons (Fsp3) is 0.0204. The van der Waals surface area contributed by atoms with Crippen molar-refractivity contribution in [3.05, 3.63) is 175 Å². The first-order valence-corrected chi connectivity index (χ1v) is 18.4. The molecule has 0 amide bonds. The van der Waals surface area contributed by atoms with Crippen LogP contribution < -0.4 is 4.90 Å². The largest absolute Gasteiger partial charge is 0.310 e. The number of thiophene rings is 1. The summed E-state index contributed by atoms with van der Waals surface area (Å²) in [5.74, 6) is 2.71. The first-order valence-electron chi connectivity index (χ1n) is 17.6. The summed E-state index contributed by atoms with van der Waals surface area (Å²) in [6.45, 7) is 2.21. The molecule has 0 bridgehead atoms. The Morgan fingerprint density at radius 3 is 1.88 bits per heavy atom. The number of para-hydroxylation sites is 2. The van der Waals surface area contributed by atoms with E-state index in [2.05, 4.69) is 186 Å². The van der Waals surface area contributed by atoms with E-state index < -0.39 is 0 Å². The van der Waals surface area contributed by atoms with E-state index in [0.29, 0.717) is 0 Å². The summed E-state index contributed by atoms with van der Waals surface area (Å²) in [7, 11) is 0. The summed E-state index contributed by atoms with van der Waals surface area (Å²) < 4.78 is 5.04. The molecule has 0 atom stereocenters. The van der Waals surface area contributed by atoms with Gasteiger partial charge in [-0.25, -0.2) is 0 Å². The van der Waals surface area contributed by atoms with Gasteiger partial charge in [-0.2, -0.15) is 0 Å². The molecule has 7 aromatic carbocycles. The van der Waals surface area contributed by atoms with Crippen LogP contribution in [0.3, 0.4) is 0 Å². The zero-order valence-electron chi connectivity index (χ0n) is 28.5. The minimum Gasteiger partial charge on any atom is -0.310 e. The van der Waals surface area contributed by atoms with Gasteiger partial charge in [0.1, 0.15) is 0 Å². The first-order chi connectivity index (χ1) is 25.7. The van der Waals surface area contributed by atoms with E-state index in [4.69, 9.17) is 6.42 Å². The van der Waals surface area contributed by atoms with Gasteiger partial charge in [-0.05, 0) is 89.9 Å². The molecule has 0 fully saturated rings. The van der Waals surface area contributed by atoms with Crippen molar-refractivity contribution in [1.29, 1.82) is 0 Å². The maximum atomic E-state index is 5.72. The first kappa shape index (κ1) is 30.2. The van der Waals surface area contributed by atoms with Crippen molar-refractivity contribution < 1.29 is 0 Å². The predicted molar refractivity (Wildman–Crippen MR) is 225 cm³/mol. The molecular weight excluding hydrogens is 649 g/mol. The second-order valence-electron chi connectivity index (χ2n) is 13.3. The van der Waals surface area contributed by atoms with Gasteiger partial charge in [-0.3, -0.25) is 0 Å². The molecule has 52 heavy (non-hydrogen) atoms. The molecule has 0 saturated heterocycles. The fourth-order valence-electron chi connectivity index (χ4n) is 8.10. The minimum absolute atomic E-state index is 1.09. The quantitative estimate of drug-likeness (QED) is 0.159. The van der Waals surface area contributed by atoms with Crippen LogP contribution in [-0.2, 0) is 0 Å². The number of anilines is 3. The molecule has 0 saturated carbocycles. The maximum absolute atomic E-state index is 5.72. The lowest BCUT2D eigenvalue weighted by Crippen LogP contribution is -2.11. The highest BCUT2D eigenvalue weighted by atomic mass is 32.1. The fourth-order valence-corrected chi connectivity index (χ4v) is 9.19. The summed E-state index contributed by atoms with van der Waals surface area (Å²) in [4.78, 5) is 2.47. The van der Waals surface area contributed by atoms with Crippen molar-refractivity contribution in [2.75, 3.05) is 4.90 Å². The smallest absolute Gasteiger partial charge is 0.0780 e. The van der Waals surface area contributed by atoms with E-state index in [1.54, 1.807) is 6.08 Å². The van der Waals surface area contributed by atoms with E-state index >= 15 is 0 Å². The highest BCUT2D eigenvalue weighted by Gasteiger charge is 2.25. The number of hydrogen-bond acceptors (Lipinski definition) is 2. The van der Waals surface area contributed by atoms with Crippen LogP contribution in [0.15, 0.2) is 164 Å². The Morgan fingerprint density at radius 2 is 1.15 bits per heavy atom. The zero-order valence-corrected chi connectivity index (χ0v) is 29.4. The molecule has 0 N–H and O–H groups in total. The number of hydrogen-bond donors (Lipinski definition) is 0. The number of aromatic nitrogens is 1. The topological polar surface area (TPSA) is 7.65 Å². The molecule has 244 valence electrons. The van der Waals surface area contributed by atoms with Crippen molar-refractivity contribution in [2.24, 2.45) is 0 Å². The number of nitrogens with zero attached hydrogens (tertiary/aromatic N) is 2. The standard InChI is InChI=1S/C49H32N2S/c1-3-4-19-39-32(2)50-48-41(39)21-13-22-42(48)43-23-14-24-45(49(43)50)51(37-26-27-47-44(31-37)40-20-11-12-25-46(40)52-47)38-29-35(33-15-7-5-8-16-33)28-36(30-38)34-17-9-6-10-18-34/h1,4-31H,2H3/b19-4-. The van der Waals surface area contributed by atoms with Gasteiger partial charge < -0.3 is 9.30 Å². The number of fused-ring (bicyclic) bond motifs is 6. The van der Waals surface area contributed by atoms with Crippen LogP contribution in [0.4, 0.5) is 17.1 Å². The van der Waals surface area contributed by atoms with Gasteiger partial charge in [0.05, 0.1) is 16.7 Å². The van der Waals surface area contributed by atoms with Crippen LogP contribution in [-0.4, -0.2) is 4.40 Å². The van der Waals surface area contributed by atoms with E-state index in [1.165, 1.54) is 75.3 Å². The molecule has 0 unspecified atom stereocenters. The minimum atomic E-state index is 1.09. The summed E-state index contributed by atoms with van der Waals surface area (Å²) in [6.07, 6.45) is 9.60. The molecule has 0 spiro atoms. The van der Waals surface area contributed by atoms with Crippen LogP contribution in [0, 0.1) is 19.3 Å². The average molecular weight is 681 g/mol. The third-order valence-electron chi connectivity index (χ3n) is 10.4. The average Bonchev–Trinajstić information content (AvgIpc) is 3.84. The number of rotatable bonds is 6. The molecule has 3 aromatic heterocycles.